The van der Waals surface area contributed by atoms with Gasteiger partial charge in [0.05, 0.1) is 5.41 Å². The summed E-state index contributed by atoms with van der Waals surface area (Å²) in [7, 11) is 0. The van der Waals surface area contributed by atoms with Gasteiger partial charge in [0.2, 0.25) is 0 Å². The standard InChI is InChI=1S/C64H39N3S2/c1-4-19-40(20-5-1)41-37-42(46-28-16-29-49-47-25-11-14-35-56(47)68-59(46)49)39-43(38-41)61-65-62(67-63(66-61)53-32-17-30-50-48-26-12-15-36-57(48)69-60(50)53)52-31-18-34-55-58(52)51-27-10-13-33-54(51)64(55,44-21-6-2-7-22-44)45-23-8-3-9-24-45/h1-39H. The van der Waals surface area contributed by atoms with Crippen molar-refractivity contribution < 1.29 is 0 Å². The summed E-state index contributed by atoms with van der Waals surface area (Å²) in [4.78, 5) is 16.7. The lowest BCUT2D eigenvalue weighted by molar-refractivity contribution is 0.768. The van der Waals surface area contributed by atoms with Gasteiger partial charge in [0.15, 0.2) is 17.5 Å². The van der Waals surface area contributed by atoms with Gasteiger partial charge < -0.3 is 0 Å². The Kier molecular flexibility index (Phi) is 9.16. The lowest BCUT2D eigenvalue weighted by atomic mass is 9.67. The third-order valence-corrected chi connectivity index (χ3v) is 16.5. The van der Waals surface area contributed by atoms with Crippen molar-refractivity contribution in [2.75, 3.05) is 0 Å². The summed E-state index contributed by atoms with van der Waals surface area (Å²) < 4.78 is 4.94. The number of hydrogen-bond acceptors (Lipinski definition) is 5. The Balaban J connectivity index is 1.06. The molecule has 5 heteroatoms. The van der Waals surface area contributed by atoms with Crippen LogP contribution in [0.25, 0.3) is 108 Å². The number of nitrogens with zero attached hydrogens (tertiary/aromatic N) is 3. The zero-order chi connectivity index (χ0) is 45.5. The molecule has 1 aliphatic carbocycles. The van der Waals surface area contributed by atoms with E-state index in [1.54, 1.807) is 11.3 Å². The van der Waals surface area contributed by atoms with Gasteiger partial charge >= 0.3 is 0 Å². The van der Waals surface area contributed by atoms with Crippen molar-refractivity contribution in [3.8, 4) is 67.5 Å². The molecule has 0 radical (unpaired) electrons. The molecule has 0 saturated heterocycles. The van der Waals surface area contributed by atoms with Gasteiger partial charge in [0.25, 0.3) is 0 Å². The lowest BCUT2D eigenvalue weighted by Gasteiger charge is -2.33. The van der Waals surface area contributed by atoms with Crippen LogP contribution >= 0.6 is 22.7 Å². The topological polar surface area (TPSA) is 38.7 Å². The van der Waals surface area contributed by atoms with E-state index in [2.05, 4.69) is 237 Å². The van der Waals surface area contributed by atoms with Crippen LogP contribution in [0.1, 0.15) is 22.3 Å². The monoisotopic (exact) mass is 913 g/mol. The first-order valence-electron chi connectivity index (χ1n) is 23.3. The molecule has 3 aromatic heterocycles. The van der Waals surface area contributed by atoms with Crippen molar-refractivity contribution in [3.05, 3.63) is 259 Å². The van der Waals surface area contributed by atoms with E-state index in [0.29, 0.717) is 17.5 Å². The van der Waals surface area contributed by atoms with Crippen molar-refractivity contribution in [2.24, 2.45) is 0 Å². The summed E-state index contributed by atoms with van der Waals surface area (Å²) in [5.74, 6) is 1.90. The molecule has 13 aromatic rings. The normalized spacial score (nSPS) is 12.8. The number of thiophene rings is 2. The maximum Gasteiger partial charge on any atom is 0.165 e. The summed E-state index contributed by atoms with van der Waals surface area (Å²) in [6.07, 6.45) is 0. The van der Waals surface area contributed by atoms with Gasteiger partial charge in [-0.05, 0) is 92.0 Å². The first-order valence-corrected chi connectivity index (χ1v) is 25.0. The van der Waals surface area contributed by atoms with E-state index >= 15 is 0 Å². The molecular formula is C64H39N3S2. The van der Waals surface area contributed by atoms with E-state index < -0.39 is 5.41 Å². The number of fused-ring (bicyclic) bond motifs is 9. The van der Waals surface area contributed by atoms with Crippen LogP contribution in [0.4, 0.5) is 0 Å². The lowest BCUT2D eigenvalue weighted by Crippen LogP contribution is -2.28. The van der Waals surface area contributed by atoms with Crippen LogP contribution in [0.3, 0.4) is 0 Å². The molecule has 0 fully saturated rings. The highest BCUT2D eigenvalue weighted by Crippen LogP contribution is 2.58. The zero-order valence-electron chi connectivity index (χ0n) is 37.2. The number of hydrogen-bond donors (Lipinski definition) is 0. The average Bonchev–Trinajstić information content (AvgIpc) is 4.10. The van der Waals surface area contributed by atoms with Gasteiger partial charge in [0, 0.05) is 57.0 Å². The summed E-state index contributed by atoms with van der Waals surface area (Å²) in [6.45, 7) is 0. The van der Waals surface area contributed by atoms with Gasteiger partial charge in [-0.1, -0.05) is 200 Å². The van der Waals surface area contributed by atoms with Gasteiger partial charge in [-0.2, -0.15) is 0 Å². The van der Waals surface area contributed by atoms with Crippen LogP contribution in [0.15, 0.2) is 237 Å². The van der Waals surface area contributed by atoms with Crippen molar-refractivity contribution in [2.45, 2.75) is 5.41 Å². The predicted molar refractivity (Wildman–Crippen MR) is 290 cm³/mol. The van der Waals surface area contributed by atoms with Crippen molar-refractivity contribution in [3.63, 3.8) is 0 Å². The van der Waals surface area contributed by atoms with Crippen molar-refractivity contribution >= 4 is 63.0 Å². The van der Waals surface area contributed by atoms with Gasteiger partial charge in [0.1, 0.15) is 0 Å². The first kappa shape index (κ1) is 39.8. The second-order valence-corrected chi connectivity index (χ2v) is 19.9. The smallest absolute Gasteiger partial charge is 0.165 e. The van der Waals surface area contributed by atoms with Gasteiger partial charge in [-0.3, -0.25) is 0 Å². The van der Waals surface area contributed by atoms with Crippen molar-refractivity contribution in [1.82, 2.24) is 15.0 Å². The fourth-order valence-electron chi connectivity index (χ4n) is 11.0. The second kappa shape index (κ2) is 15.9. The zero-order valence-corrected chi connectivity index (χ0v) is 38.8. The molecule has 322 valence electrons. The molecular weight excluding hydrogens is 875 g/mol. The molecule has 3 heterocycles. The molecule has 0 unspecified atom stereocenters. The average molecular weight is 914 g/mol. The number of aromatic nitrogens is 3. The molecule has 0 N–H and O–H groups in total. The highest BCUT2D eigenvalue weighted by Gasteiger charge is 2.47. The molecule has 0 aliphatic heterocycles. The highest BCUT2D eigenvalue weighted by molar-refractivity contribution is 7.26. The number of rotatable bonds is 7. The molecule has 0 spiro atoms. The Bertz CT molecular complexity index is 4100. The van der Waals surface area contributed by atoms with E-state index in [1.807, 2.05) is 11.3 Å². The maximum atomic E-state index is 5.62. The molecule has 0 atom stereocenters. The van der Waals surface area contributed by atoms with E-state index in [0.717, 1.165) is 43.6 Å². The van der Waals surface area contributed by atoms with E-state index in [4.69, 9.17) is 15.0 Å². The molecule has 0 bridgehead atoms. The molecule has 0 saturated carbocycles. The minimum Gasteiger partial charge on any atom is -0.208 e. The Labute approximate surface area is 407 Å². The summed E-state index contributed by atoms with van der Waals surface area (Å²) in [6, 6.07) is 85.7. The molecule has 10 aromatic carbocycles. The van der Waals surface area contributed by atoms with Crippen LogP contribution in [0, 0.1) is 0 Å². The Morgan fingerprint density at radius 1 is 0.290 bits per heavy atom. The van der Waals surface area contributed by atoms with Crippen molar-refractivity contribution in [1.29, 1.82) is 0 Å². The molecule has 3 nitrogen and oxygen atoms in total. The van der Waals surface area contributed by atoms with Crippen LogP contribution < -0.4 is 0 Å². The van der Waals surface area contributed by atoms with E-state index in [1.165, 1.54) is 69.0 Å². The molecule has 14 rings (SSSR count). The van der Waals surface area contributed by atoms with Crippen LogP contribution in [-0.2, 0) is 5.41 Å². The van der Waals surface area contributed by atoms with Crippen LogP contribution in [-0.4, -0.2) is 15.0 Å². The first-order chi connectivity index (χ1) is 34.2. The fraction of sp³-hybridized carbons (Fsp3) is 0.0156. The fourth-order valence-corrected chi connectivity index (χ4v) is 13.5. The number of benzene rings is 10. The quantitative estimate of drug-likeness (QED) is 0.160. The minimum absolute atomic E-state index is 0.571. The largest absolute Gasteiger partial charge is 0.208 e. The third-order valence-electron chi connectivity index (χ3n) is 14.0. The summed E-state index contributed by atoms with van der Waals surface area (Å²) in [5, 5.41) is 4.98. The Morgan fingerprint density at radius 2 is 0.739 bits per heavy atom. The molecule has 1 aliphatic rings. The molecule has 69 heavy (non-hydrogen) atoms. The van der Waals surface area contributed by atoms with Gasteiger partial charge in [-0.15, -0.1) is 22.7 Å². The Morgan fingerprint density at radius 3 is 1.42 bits per heavy atom. The summed E-state index contributed by atoms with van der Waals surface area (Å²) in [5.41, 5.74) is 14.0. The molecule has 0 amide bonds. The third kappa shape index (κ3) is 6.21. The van der Waals surface area contributed by atoms with E-state index in [9.17, 15) is 0 Å². The Hall–Kier alpha value is -8.35. The highest BCUT2D eigenvalue weighted by atomic mass is 32.1. The maximum absolute atomic E-state index is 5.62. The SMILES string of the molecule is c1ccc(-c2cc(-c3nc(-c4cccc5c4-c4ccccc4C5(c4ccccc4)c4ccccc4)nc(-c4cccc5c4sc4ccccc45)n3)cc(-c3cccc4c3sc3ccccc34)c2)cc1. The van der Waals surface area contributed by atoms with E-state index in [-0.39, 0.29) is 0 Å². The second-order valence-electron chi connectivity index (χ2n) is 17.8. The summed E-state index contributed by atoms with van der Waals surface area (Å²) >= 11 is 3.65. The predicted octanol–water partition coefficient (Wildman–Crippen LogP) is 17.3. The van der Waals surface area contributed by atoms with Crippen LogP contribution in [0.2, 0.25) is 0 Å². The minimum atomic E-state index is -0.571. The van der Waals surface area contributed by atoms with Crippen LogP contribution in [0.5, 0.6) is 0 Å². The van der Waals surface area contributed by atoms with Gasteiger partial charge in [-0.25, -0.2) is 15.0 Å².